The second-order valence-corrected chi connectivity index (χ2v) is 8.40. The van der Waals surface area contributed by atoms with Gasteiger partial charge in [-0.15, -0.1) is 0 Å². The van der Waals surface area contributed by atoms with Crippen LogP contribution in [0.2, 0.25) is 10.0 Å². The summed E-state index contributed by atoms with van der Waals surface area (Å²) in [7, 11) is 0. The number of hydrogen-bond donors (Lipinski definition) is 1. The minimum atomic E-state index is -0.646. The minimum Gasteiger partial charge on any atom is -0.483 e. The smallest absolute Gasteiger partial charge is 0.345 e. The molecule has 1 amide bonds. The molecule has 0 aliphatic heterocycles. The average molecular weight is 507 g/mol. The molecule has 0 saturated heterocycles. The number of amides is 1. The van der Waals surface area contributed by atoms with E-state index < -0.39 is 11.9 Å². The van der Waals surface area contributed by atoms with Crippen molar-refractivity contribution in [2.75, 3.05) is 6.61 Å². The zero-order valence-corrected chi connectivity index (χ0v) is 20.1. The predicted octanol–water partition coefficient (Wildman–Crippen LogP) is 6.20. The van der Waals surface area contributed by atoms with Crippen LogP contribution in [-0.4, -0.2) is 24.7 Å². The first-order valence-electron chi connectivity index (χ1n) is 10.6. The van der Waals surface area contributed by atoms with Crippen molar-refractivity contribution < 1.29 is 19.1 Å². The second-order valence-electron chi connectivity index (χ2n) is 7.56. The highest BCUT2D eigenvalue weighted by Gasteiger charge is 2.16. The van der Waals surface area contributed by atoms with E-state index in [1.165, 1.54) is 18.3 Å². The van der Waals surface area contributed by atoms with E-state index in [0.29, 0.717) is 16.3 Å². The zero-order valence-electron chi connectivity index (χ0n) is 18.6. The molecule has 176 valence electrons. The first-order chi connectivity index (χ1) is 16.9. The third kappa shape index (κ3) is 5.98. The summed E-state index contributed by atoms with van der Waals surface area (Å²) < 4.78 is 11.2. The Morgan fingerprint density at radius 2 is 1.71 bits per heavy atom. The van der Waals surface area contributed by atoms with Gasteiger partial charge in [0.15, 0.2) is 6.61 Å². The van der Waals surface area contributed by atoms with Gasteiger partial charge in [0.05, 0.1) is 16.8 Å². The SMILES string of the molecule is Cc1ccccc1OCC(=O)N/N=C\c1c(OC(=O)c2ccc(Cl)cc2Cl)ccc2ccccc12. The third-order valence-electron chi connectivity index (χ3n) is 5.12. The summed E-state index contributed by atoms with van der Waals surface area (Å²) in [4.78, 5) is 25.0. The van der Waals surface area contributed by atoms with Gasteiger partial charge in [0.2, 0.25) is 0 Å². The molecule has 4 aromatic rings. The molecular formula is C27H20Cl2N2O4. The number of fused-ring (bicyclic) bond motifs is 1. The normalized spacial score (nSPS) is 10.9. The molecule has 0 saturated carbocycles. The number of halogens is 2. The second kappa shape index (κ2) is 11.0. The Morgan fingerprint density at radius 3 is 2.51 bits per heavy atom. The molecule has 6 nitrogen and oxygen atoms in total. The average Bonchev–Trinajstić information content (AvgIpc) is 2.84. The fourth-order valence-electron chi connectivity index (χ4n) is 3.37. The maximum Gasteiger partial charge on any atom is 0.345 e. The Morgan fingerprint density at radius 1 is 0.943 bits per heavy atom. The van der Waals surface area contributed by atoms with Crippen LogP contribution in [0.1, 0.15) is 21.5 Å². The Bertz CT molecular complexity index is 1440. The molecule has 0 aliphatic carbocycles. The van der Waals surface area contributed by atoms with E-state index in [-0.39, 0.29) is 22.9 Å². The standard InChI is InChI=1S/C27H20Cl2N2O4/c1-17-6-2-5-9-24(17)34-16-26(32)31-30-15-22-20-8-4-3-7-18(20)10-13-25(22)35-27(33)21-12-11-19(28)14-23(21)29/h2-15H,16H2,1H3,(H,31,32)/b30-15-. The van der Waals surface area contributed by atoms with E-state index in [0.717, 1.165) is 16.3 Å². The van der Waals surface area contributed by atoms with E-state index >= 15 is 0 Å². The molecule has 1 N–H and O–H groups in total. The molecule has 8 heteroatoms. The number of esters is 1. The molecular weight excluding hydrogens is 487 g/mol. The van der Waals surface area contributed by atoms with Gasteiger partial charge in [0.1, 0.15) is 11.5 Å². The van der Waals surface area contributed by atoms with Crippen LogP contribution < -0.4 is 14.9 Å². The highest BCUT2D eigenvalue weighted by Crippen LogP contribution is 2.29. The lowest BCUT2D eigenvalue weighted by atomic mass is 10.0. The van der Waals surface area contributed by atoms with Crippen molar-refractivity contribution in [2.45, 2.75) is 6.92 Å². The van der Waals surface area contributed by atoms with Crippen LogP contribution in [0.3, 0.4) is 0 Å². The first-order valence-corrected chi connectivity index (χ1v) is 11.4. The molecule has 0 aromatic heterocycles. The molecule has 0 spiro atoms. The van der Waals surface area contributed by atoms with E-state index in [1.54, 1.807) is 18.2 Å². The van der Waals surface area contributed by atoms with Gasteiger partial charge >= 0.3 is 5.97 Å². The number of rotatable bonds is 7. The number of hydrogen-bond acceptors (Lipinski definition) is 5. The predicted molar refractivity (Wildman–Crippen MR) is 138 cm³/mol. The molecule has 0 bridgehead atoms. The topological polar surface area (TPSA) is 77.0 Å². The van der Waals surface area contributed by atoms with Crippen molar-refractivity contribution in [3.63, 3.8) is 0 Å². The van der Waals surface area contributed by atoms with E-state index in [2.05, 4.69) is 10.5 Å². The molecule has 35 heavy (non-hydrogen) atoms. The van der Waals surface area contributed by atoms with Crippen molar-refractivity contribution in [3.8, 4) is 11.5 Å². The number of carbonyl (C=O) groups excluding carboxylic acids is 2. The van der Waals surface area contributed by atoms with Crippen molar-refractivity contribution in [3.05, 3.63) is 106 Å². The third-order valence-corrected chi connectivity index (χ3v) is 5.67. The van der Waals surface area contributed by atoms with Gasteiger partial charge in [0.25, 0.3) is 5.91 Å². The largest absolute Gasteiger partial charge is 0.483 e. The summed E-state index contributed by atoms with van der Waals surface area (Å²) in [5, 5.41) is 6.34. The summed E-state index contributed by atoms with van der Waals surface area (Å²) in [6, 6.07) is 23.0. The van der Waals surface area contributed by atoms with Crippen molar-refractivity contribution >= 4 is 52.1 Å². The van der Waals surface area contributed by atoms with E-state index in [9.17, 15) is 9.59 Å². The number of carbonyl (C=O) groups is 2. The zero-order chi connectivity index (χ0) is 24.8. The highest BCUT2D eigenvalue weighted by atomic mass is 35.5. The van der Waals surface area contributed by atoms with Gasteiger partial charge in [0, 0.05) is 10.6 Å². The number of aryl methyl sites for hydroxylation is 1. The number of nitrogens with one attached hydrogen (secondary N) is 1. The van der Waals surface area contributed by atoms with Crippen LogP contribution in [-0.2, 0) is 4.79 Å². The summed E-state index contributed by atoms with van der Waals surface area (Å²) in [6.07, 6.45) is 1.43. The fourth-order valence-corrected chi connectivity index (χ4v) is 3.86. The van der Waals surface area contributed by atoms with Crippen LogP contribution in [0.15, 0.2) is 84.0 Å². The van der Waals surface area contributed by atoms with E-state index in [1.807, 2.05) is 55.5 Å². The van der Waals surface area contributed by atoms with Crippen molar-refractivity contribution in [1.82, 2.24) is 5.43 Å². The number of benzene rings is 4. The van der Waals surface area contributed by atoms with Crippen LogP contribution in [0, 0.1) is 6.92 Å². The summed E-state index contributed by atoms with van der Waals surface area (Å²) in [6.45, 7) is 1.70. The first kappa shape index (κ1) is 24.3. The minimum absolute atomic E-state index is 0.175. The molecule has 0 aliphatic rings. The molecule has 0 heterocycles. The van der Waals surface area contributed by atoms with Crippen molar-refractivity contribution in [1.29, 1.82) is 0 Å². The van der Waals surface area contributed by atoms with Crippen LogP contribution in [0.25, 0.3) is 10.8 Å². The molecule has 0 atom stereocenters. The van der Waals surface area contributed by atoms with Gasteiger partial charge in [-0.1, -0.05) is 71.7 Å². The molecule has 0 fully saturated rings. The summed E-state index contributed by atoms with van der Waals surface area (Å²) in [5.41, 5.74) is 4.06. The fraction of sp³-hybridized carbons (Fsp3) is 0.0741. The van der Waals surface area contributed by atoms with Gasteiger partial charge in [-0.25, -0.2) is 10.2 Å². The Hall–Kier alpha value is -3.87. The number of ether oxygens (including phenoxy) is 2. The maximum atomic E-state index is 12.8. The van der Waals surface area contributed by atoms with Gasteiger partial charge < -0.3 is 9.47 Å². The highest BCUT2D eigenvalue weighted by molar-refractivity contribution is 6.36. The van der Waals surface area contributed by atoms with Crippen LogP contribution >= 0.6 is 23.2 Å². The summed E-state index contributed by atoms with van der Waals surface area (Å²) >= 11 is 12.1. The maximum absolute atomic E-state index is 12.8. The molecule has 0 radical (unpaired) electrons. The molecule has 0 unspecified atom stereocenters. The Labute approximate surface area is 212 Å². The van der Waals surface area contributed by atoms with Gasteiger partial charge in [-0.2, -0.15) is 5.10 Å². The lowest BCUT2D eigenvalue weighted by Crippen LogP contribution is -2.24. The molecule has 4 rings (SSSR count). The van der Waals surface area contributed by atoms with Crippen LogP contribution in [0.5, 0.6) is 11.5 Å². The number of para-hydroxylation sites is 1. The quantitative estimate of drug-likeness (QED) is 0.140. The van der Waals surface area contributed by atoms with E-state index in [4.69, 9.17) is 32.7 Å². The number of nitrogens with zero attached hydrogens (tertiary/aromatic N) is 1. The lowest BCUT2D eigenvalue weighted by molar-refractivity contribution is -0.123. The van der Waals surface area contributed by atoms with Crippen molar-refractivity contribution in [2.24, 2.45) is 5.10 Å². The molecule has 4 aromatic carbocycles. The number of hydrazone groups is 1. The summed E-state index contributed by atoms with van der Waals surface area (Å²) in [5.74, 6) is -0.201. The lowest BCUT2D eigenvalue weighted by Gasteiger charge is -2.11. The monoisotopic (exact) mass is 506 g/mol. The Balaban J connectivity index is 1.53. The van der Waals surface area contributed by atoms with Gasteiger partial charge in [-0.3, -0.25) is 4.79 Å². The van der Waals surface area contributed by atoms with Gasteiger partial charge in [-0.05, 0) is 53.6 Å². The van der Waals surface area contributed by atoms with Crippen LogP contribution in [0.4, 0.5) is 0 Å². The Kier molecular flexibility index (Phi) is 7.65.